The van der Waals surface area contributed by atoms with Crippen molar-refractivity contribution in [3.8, 4) is 0 Å². The molecule has 2 aromatic rings. The van der Waals surface area contributed by atoms with E-state index in [1.807, 2.05) is 60.7 Å². The van der Waals surface area contributed by atoms with Crippen LogP contribution in [0.5, 0.6) is 0 Å². The fraction of sp³-hybridized carbons (Fsp3) is 0.278. The summed E-state index contributed by atoms with van der Waals surface area (Å²) in [5.74, 6) is 0.0973. The van der Waals surface area contributed by atoms with Crippen molar-refractivity contribution in [2.24, 2.45) is 5.73 Å². The van der Waals surface area contributed by atoms with E-state index < -0.39 is 0 Å². The van der Waals surface area contributed by atoms with E-state index in [1.54, 1.807) is 0 Å². The summed E-state index contributed by atoms with van der Waals surface area (Å²) in [5.41, 5.74) is 7.96. The third-order valence-electron chi connectivity index (χ3n) is 4.22. The molecular formula is C18H21ClN2O. The van der Waals surface area contributed by atoms with Crippen LogP contribution >= 0.6 is 12.4 Å². The van der Waals surface area contributed by atoms with Gasteiger partial charge in [-0.1, -0.05) is 60.7 Å². The lowest BCUT2D eigenvalue weighted by atomic mass is 9.95. The molecule has 1 saturated carbocycles. The van der Waals surface area contributed by atoms with Crippen molar-refractivity contribution in [3.05, 3.63) is 71.8 Å². The molecule has 0 aliphatic heterocycles. The van der Waals surface area contributed by atoms with Crippen LogP contribution in [0.1, 0.15) is 30.0 Å². The average molecular weight is 317 g/mol. The Morgan fingerprint density at radius 1 is 1.05 bits per heavy atom. The highest BCUT2D eigenvalue weighted by atomic mass is 35.5. The Kier molecular flexibility index (Phi) is 5.22. The van der Waals surface area contributed by atoms with Crippen molar-refractivity contribution < 1.29 is 4.79 Å². The molecule has 1 unspecified atom stereocenters. The quantitative estimate of drug-likeness (QED) is 0.891. The van der Waals surface area contributed by atoms with E-state index in [-0.39, 0.29) is 29.8 Å². The molecule has 0 radical (unpaired) electrons. The van der Waals surface area contributed by atoms with Gasteiger partial charge in [0.15, 0.2) is 0 Å². The molecule has 0 aromatic heterocycles. The van der Waals surface area contributed by atoms with Crippen LogP contribution in [0, 0.1) is 0 Å². The first-order valence-corrected chi connectivity index (χ1v) is 7.37. The number of nitrogens with two attached hydrogens (primary N) is 1. The van der Waals surface area contributed by atoms with Gasteiger partial charge in [0.2, 0.25) is 5.91 Å². The minimum Gasteiger partial charge on any atom is -0.353 e. The number of carbonyl (C=O) groups is 1. The van der Waals surface area contributed by atoms with Crippen LogP contribution in [0.4, 0.5) is 0 Å². The second kappa shape index (κ2) is 6.95. The summed E-state index contributed by atoms with van der Waals surface area (Å²) in [6, 6.07) is 19.7. The van der Waals surface area contributed by atoms with Crippen molar-refractivity contribution in [2.75, 3.05) is 6.54 Å². The van der Waals surface area contributed by atoms with E-state index >= 15 is 0 Å². The van der Waals surface area contributed by atoms with E-state index in [0.717, 1.165) is 24.0 Å². The first-order chi connectivity index (χ1) is 10.2. The lowest BCUT2D eigenvalue weighted by Gasteiger charge is -2.18. The zero-order valence-corrected chi connectivity index (χ0v) is 13.2. The lowest BCUT2D eigenvalue weighted by molar-refractivity contribution is -0.123. The van der Waals surface area contributed by atoms with Gasteiger partial charge in [-0.05, 0) is 24.0 Å². The summed E-state index contributed by atoms with van der Waals surface area (Å²) in [4.78, 5) is 12.5. The maximum atomic E-state index is 12.5. The van der Waals surface area contributed by atoms with Crippen LogP contribution in [0.15, 0.2) is 60.7 Å². The Balaban J connectivity index is 0.00000176. The molecular weight excluding hydrogens is 296 g/mol. The number of hydrogen-bond acceptors (Lipinski definition) is 2. The monoisotopic (exact) mass is 316 g/mol. The van der Waals surface area contributed by atoms with E-state index in [1.165, 1.54) is 0 Å². The third kappa shape index (κ3) is 3.32. The first-order valence-electron chi connectivity index (χ1n) is 7.37. The Morgan fingerprint density at radius 2 is 1.59 bits per heavy atom. The highest BCUT2D eigenvalue weighted by Gasteiger charge is 2.50. The molecule has 22 heavy (non-hydrogen) atoms. The maximum Gasteiger partial charge on any atom is 0.230 e. The second-order valence-corrected chi connectivity index (χ2v) is 5.68. The molecule has 1 amide bonds. The van der Waals surface area contributed by atoms with Gasteiger partial charge in [0.25, 0.3) is 0 Å². The van der Waals surface area contributed by atoms with Gasteiger partial charge in [0.1, 0.15) is 0 Å². The largest absolute Gasteiger partial charge is 0.353 e. The molecule has 0 bridgehead atoms. The van der Waals surface area contributed by atoms with Gasteiger partial charge in [-0.25, -0.2) is 0 Å². The molecule has 0 saturated heterocycles. The third-order valence-corrected chi connectivity index (χ3v) is 4.22. The topological polar surface area (TPSA) is 55.1 Å². The van der Waals surface area contributed by atoms with Crippen molar-refractivity contribution in [1.82, 2.24) is 5.32 Å². The summed E-state index contributed by atoms with van der Waals surface area (Å²) < 4.78 is 0. The van der Waals surface area contributed by atoms with Crippen LogP contribution in [-0.4, -0.2) is 12.5 Å². The van der Waals surface area contributed by atoms with Crippen molar-refractivity contribution >= 4 is 18.3 Å². The fourth-order valence-corrected chi connectivity index (χ4v) is 2.72. The van der Waals surface area contributed by atoms with Crippen molar-refractivity contribution in [1.29, 1.82) is 0 Å². The number of nitrogens with one attached hydrogen (secondary N) is 1. The van der Waals surface area contributed by atoms with Crippen LogP contribution < -0.4 is 11.1 Å². The van der Waals surface area contributed by atoms with Gasteiger partial charge in [0, 0.05) is 12.6 Å². The molecule has 3 N–H and O–H groups in total. The Bertz CT molecular complexity index is 611. The van der Waals surface area contributed by atoms with E-state index in [9.17, 15) is 4.79 Å². The summed E-state index contributed by atoms with van der Waals surface area (Å²) in [5, 5.41) is 3.02. The normalized spacial score (nSPS) is 16.2. The Morgan fingerprint density at radius 3 is 2.14 bits per heavy atom. The van der Waals surface area contributed by atoms with Crippen molar-refractivity contribution in [3.63, 3.8) is 0 Å². The van der Waals surface area contributed by atoms with Crippen LogP contribution in [0.3, 0.4) is 0 Å². The van der Waals surface area contributed by atoms with Gasteiger partial charge in [-0.3, -0.25) is 4.79 Å². The standard InChI is InChI=1S/C18H20N2O.ClH/c19-16(14-7-3-1-4-8-14)13-20-17(21)18(11-12-18)15-9-5-2-6-10-15;/h1-10,16H,11-13,19H2,(H,20,21);1H. The molecule has 1 atom stereocenters. The van der Waals surface area contributed by atoms with Crippen LogP contribution in [-0.2, 0) is 10.2 Å². The van der Waals surface area contributed by atoms with E-state index in [0.29, 0.717) is 6.54 Å². The molecule has 1 aliphatic carbocycles. The molecule has 0 spiro atoms. The van der Waals surface area contributed by atoms with Gasteiger partial charge >= 0.3 is 0 Å². The number of amides is 1. The number of benzene rings is 2. The molecule has 1 aliphatic rings. The molecule has 116 valence electrons. The van der Waals surface area contributed by atoms with Crippen LogP contribution in [0.2, 0.25) is 0 Å². The fourth-order valence-electron chi connectivity index (χ4n) is 2.72. The smallest absolute Gasteiger partial charge is 0.230 e. The summed E-state index contributed by atoms with van der Waals surface area (Å²) in [7, 11) is 0. The van der Waals surface area contributed by atoms with Crippen molar-refractivity contribution in [2.45, 2.75) is 24.3 Å². The van der Waals surface area contributed by atoms with E-state index in [2.05, 4.69) is 5.32 Å². The minimum absolute atomic E-state index is 0. The number of rotatable bonds is 5. The van der Waals surface area contributed by atoms with Gasteiger partial charge in [-0.2, -0.15) is 0 Å². The molecule has 4 heteroatoms. The summed E-state index contributed by atoms with van der Waals surface area (Å²) in [6.45, 7) is 0.470. The van der Waals surface area contributed by atoms with Gasteiger partial charge < -0.3 is 11.1 Å². The first kappa shape index (κ1) is 16.5. The zero-order valence-electron chi connectivity index (χ0n) is 12.4. The summed E-state index contributed by atoms with van der Waals surface area (Å²) in [6.07, 6.45) is 1.84. The highest BCUT2D eigenvalue weighted by Crippen LogP contribution is 2.48. The number of hydrogen-bond donors (Lipinski definition) is 2. The Labute approximate surface area is 137 Å². The second-order valence-electron chi connectivity index (χ2n) is 5.68. The summed E-state index contributed by atoms with van der Waals surface area (Å²) >= 11 is 0. The van der Waals surface area contributed by atoms with Crippen LogP contribution in [0.25, 0.3) is 0 Å². The molecule has 1 fully saturated rings. The molecule has 3 rings (SSSR count). The molecule has 2 aromatic carbocycles. The molecule has 0 heterocycles. The Hall–Kier alpha value is -1.84. The van der Waals surface area contributed by atoms with Gasteiger partial charge in [-0.15, -0.1) is 12.4 Å². The highest BCUT2D eigenvalue weighted by molar-refractivity contribution is 5.91. The number of halogens is 1. The average Bonchev–Trinajstić information content (AvgIpc) is 3.36. The molecule has 3 nitrogen and oxygen atoms in total. The maximum absolute atomic E-state index is 12.5. The number of carbonyl (C=O) groups excluding carboxylic acids is 1. The van der Waals surface area contributed by atoms with E-state index in [4.69, 9.17) is 5.73 Å². The minimum atomic E-state index is -0.322. The van der Waals surface area contributed by atoms with Gasteiger partial charge in [0.05, 0.1) is 5.41 Å². The zero-order chi connectivity index (χ0) is 14.7. The lowest BCUT2D eigenvalue weighted by Crippen LogP contribution is -2.38. The predicted octanol–water partition coefficient (Wildman–Crippen LogP) is 2.96. The SMILES string of the molecule is Cl.NC(CNC(=O)C1(c2ccccc2)CC1)c1ccccc1. The predicted molar refractivity (Wildman–Crippen MR) is 91.0 cm³/mol.